The van der Waals surface area contributed by atoms with Gasteiger partial charge in [0.25, 0.3) is 0 Å². The van der Waals surface area contributed by atoms with E-state index in [0.29, 0.717) is 0 Å². The first-order valence-electron chi connectivity index (χ1n) is 3.91. The summed E-state index contributed by atoms with van der Waals surface area (Å²) in [7, 11) is 0. The molecule has 0 amide bonds. The predicted molar refractivity (Wildman–Crippen MR) is 53.1 cm³/mol. The number of aliphatic imine (C=N–C) groups is 1. The fourth-order valence-electron chi connectivity index (χ4n) is 1.06. The van der Waals surface area contributed by atoms with Crippen LogP contribution in [0.5, 0.6) is 0 Å². The molecule has 0 saturated carbocycles. The van der Waals surface area contributed by atoms with Crippen molar-refractivity contribution in [3.05, 3.63) is 36.7 Å². The highest BCUT2D eigenvalue weighted by molar-refractivity contribution is 5.73. The normalized spacial score (nSPS) is 20.2. The molecule has 0 atom stereocenters. The maximum absolute atomic E-state index is 4.26. The SMILES string of the molecule is C=CC1=C(C=C)NC(C)(C)C=N1. The minimum absolute atomic E-state index is 0.0873. The van der Waals surface area contributed by atoms with Gasteiger partial charge in [-0.05, 0) is 26.0 Å². The Morgan fingerprint density at radius 2 is 2.08 bits per heavy atom. The lowest BCUT2D eigenvalue weighted by molar-refractivity contribution is 0.574. The van der Waals surface area contributed by atoms with Crippen molar-refractivity contribution in [3.63, 3.8) is 0 Å². The van der Waals surface area contributed by atoms with E-state index in [0.717, 1.165) is 11.4 Å². The van der Waals surface area contributed by atoms with Crippen molar-refractivity contribution >= 4 is 6.21 Å². The predicted octanol–water partition coefficient (Wildman–Crippen LogP) is 2.02. The van der Waals surface area contributed by atoms with E-state index in [4.69, 9.17) is 0 Å². The van der Waals surface area contributed by atoms with Crippen molar-refractivity contribution in [3.8, 4) is 0 Å². The van der Waals surface area contributed by atoms with Gasteiger partial charge >= 0.3 is 0 Å². The van der Waals surface area contributed by atoms with Gasteiger partial charge in [0.1, 0.15) is 0 Å². The third-order valence-corrected chi connectivity index (χ3v) is 1.66. The van der Waals surface area contributed by atoms with Crippen molar-refractivity contribution in [1.82, 2.24) is 5.32 Å². The van der Waals surface area contributed by atoms with Crippen molar-refractivity contribution < 1.29 is 0 Å². The Hall–Kier alpha value is -1.31. The lowest BCUT2D eigenvalue weighted by Crippen LogP contribution is -2.42. The van der Waals surface area contributed by atoms with Crippen LogP contribution in [0.1, 0.15) is 13.8 Å². The number of hydrogen-bond donors (Lipinski definition) is 1. The molecule has 12 heavy (non-hydrogen) atoms. The van der Waals surface area contributed by atoms with Crippen LogP contribution in [0.15, 0.2) is 41.7 Å². The molecule has 0 radical (unpaired) electrons. The molecule has 0 aliphatic carbocycles. The van der Waals surface area contributed by atoms with Crippen LogP contribution in [0.4, 0.5) is 0 Å². The Balaban J connectivity index is 3.01. The first kappa shape index (κ1) is 8.78. The van der Waals surface area contributed by atoms with E-state index in [1.807, 2.05) is 6.21 Å². The van der Waals surface area contributed by atoms with E-state index in [1.165, 1.54) is 0 Å². The maximum atomic E-state index is 4.26. The fourth-order valence-corrected chi connectivity index (χ4v) is 1.06. The van der Waals surface area contributed by atoms with Gasteiger partial charge in [-0.1, -0.05) is 13.2 Å². The van der Waals surface area contributed by atoms with E-state index < -0.39 is 0 Å². The van der Waals surface area contributed by atoms with Gasteiger partial charge < -0.3 is 5.32 Å². The summed E-state index contributed by atoms with van der Waals surface area (Å²) in [6.45, 7) is 11.5. The quantitative estimate of drug-likeness (QED) is 0.660. The van der Waals surface area contributed by atoms with Crippen LogP contribution < -0.4 is 5.32 Å². The molecule has 2 heteroatoms. The molecule has 0 aromatic rings. The third-order valence-electron chi connectivity index (χ3n) is 1.66. The molecule has 0 spiro atoms. The van der Waals surface area contributed by atoms with Crippen molar-refractivity contribution in [2.75, 3.05) is 0 Å². The molecule has 1 N–H and O–H groups in total. The lowest BCUT2D eigenvalue weighted by Gasteiger charge is -2.27. The molecule has 1 aliphatic heterocycles. The molecular formula is C10H14N2. The summed E-state index contributed by atoms with van der Waals surface area (Å²) >= 11 is 0. The second kappa shape index (κ2) is 2.97. The second-order valence-corrected chi connectivity index (χ2v) is 3.31. The summed E-state index contributed by atoms with van der Waals surface area (Å²) in [6, 6.07) is 0. The highest BCUT2D eigenvalue weighted by Gasteiger charge is 2.19. The minimum Gasteiger partial charge on any atom is -0.373 e. The molecule has 0 aromatic heterocycles. The average molecular weight is 162 g/mol. The van der Waals surface area contributed by atoms with Crippen LogP contribution in [-0.2, 0) is 0 Å². The summed E-state index contributed by atoms with van der Waals surface area (Å²) in [4.78, 5) is 4.26. The molecular weight excluding hydrogens is 148 g/mol. The van der Waals surface area contributed by atoms with Gasteiger partial charge in [-0.2, -0.15) is 0 Å². The Kier molecular flexibility index (Phi) is 2.18. The van der Waals surface area contributed by atoms with Crippen LogP contribution in [0.3, 0.4) is 0 Å². The van der Waals surface area contributed by atoms with Gasteiger partial charge in [-0.25, -0.2) is 0 Å². The van der Waals surface area contributed by atoms with Crippen LogP contribution in [0.25, 0.3) is 0 Å². The molecule has 0 aromatic carbocycles. The molecule has 0 bridgehead atoms. The zero-order chi connectivity index (χ0) is 9.19. The van der Waals surface area contributed by atoms with E-state index in [1.54, 1.807) is 12.2 Å². The first-order chi connectivity index (χ1) is 5.59. The molecule has 0 saturated heterocycles. The monoisotopic (exact) mass is 162 g/mol. The van der Waals surface area contributed by atoms with E-state index >= 15 is 0 Å². The highest BCUT2D eigenvalue weighted by Crippen LogP contribution is 2.15. The average Bonchev–Trinajstić information content (AvgIpc) is 2.03. The fraction of sp³-hybridized carbons (Fsp3) is 0.300. The van der Waals surface area contributed by atoms with Gasteiger partial charge in [-0.3, -0.25) is 4.99 Å². The Morgan fingerprint density at radius 3 is 2.58 bits per heavy atom. The van der Waals surface area contributed by atoms with E-state index in [9.17, 15) is 0 Å². The minimum atomic E-state index is -0.0873. The number of nitrogens with zero attached hydrogens (tertiary/aromatic N) is 1. The van der Waals surface area contributed by atoms with Gasteiger partial charge in [0.2, 0.25) is 0 Å². The summed E-state index contributed by atoms with van der Waals surface area (Å²) in [6.07, 6.45) is 5.35. The summed E-state index contributed by atoms with van der Waals surface area (Å²) in [5, 5.41) is 3.28. The molecule has 64 valence electrons. The molecule has 0 fully saturated rings. The van der Waals surface area contributed by atoms with Crippen LogP contribution in [0.2, 0.25) is 0 Å². The standard InChI is InChI=1S/C10H14N2/c1-5-8-9(6-2)12-10(3,4)7-11-8/h5-7,12H,1-2H2,3-4H3. The van der Waals surface area contributed by atoms with Gasteiger partial charge in [0.05, 0.1) is 16.9 Å². The van der Waals surface area contributed by atoms with E-state index in [2.05, 4.69) is 37.3 Å². The Morgan fingerprint density at radius 1 is 1.42 bits per heavy atom. The Bertz CT molecular complexity index is 270. The van der Waals surface area contributed by atoms with Gasteiger partial charge in [-0.15, -0.1) is 0 Å². The van der Waals surface area contributed by atoms with Crippen LogP contribution >= 0.6 is 0 Å². The zero-order valence-corrected chi connectivity index (χ0v) is 7.59. The van der Waals surface area contributed by atoms with Crippen molar-refractivity contribution in [2.24, 2.45) is 4.99 Å². The zero-order valence-electron chi connectivity index (χ0n) is 7.59. The van der Waals surface area contributed by atoms with Crippen LogP contribution in [0, 0.1) is 0 Å². The number of hydrogen-bond acceptors (Lipinski definition) is 2. The summed E-state index contributed by atoms with van der Waals surface area (Å²) < 4.78 is 0. The Labute approximate surface area is 73.4 Å². The molecule has 0 unspecified atom stereocenters. The molecule has 2 nitrogen and oxygen atoms in total. The molecule has 1 aliphatic rings. The smallest absolute Gasteiger partial charge is 0.0852 e. The second-order valence-electron chi connectivity index (χ2n) is 3.31. The largest absolute Gasteiger partial charge is 0.373 e. The maximum Gasteiger partial charge on any atom is 0.0852 e. The highest BCUT2D eigenvalue weighted by atomic mass is 15.0. The van der Waals surface area contributed by atoms with Crippen molar-refractivity contribution in [2.45, 2.75) is 19.4 Å². The molecule has 1 heterocycles. The molecule has 1 rings (SSSR count). The number of nitrogens with one attached hydrogen (secondary N) is 1. The third kappa shape index (κ3) is 1.64. The summed E-state index contributed by atoms with van der Waals surface area (Å²) in [5.41, 5.74) is 1.71. The van der Waals surface area contributed by atoms with Crippen LogP contribution in [-0.4, -0.2) is 11.8 Å². The first-order valence-corrected chi connectivity index (χ1v) is 3.91. The number of rotatable bonds is 2. The van der Waals surface area contributed by atoms with Crippen molar-refractivity contribution in [1.29, 1.82) is 0 Å². The lowest BCUT2D eigenvalue weighted by atomic mass is 10.0. The topological polar surface area (TPSA) is 24.4 Å². The van der Waals surface area contributed by atoms with Gasteiger partial charge in [0.15, 0.2) is 0 Å². The number of allylic oxidation sites excluding steroid dienone is 2. The van der Waals surface area contributed by atoms with Gasteiger partial charge in [0, 0.05) is 6.21 Å². The van der Waals surface area contributed by atoms with E-state index in [-0.39, 0.29) is 5.54 Å². The summed E-state index contributed by atoms with van der Waals surface area (Å²) in [5.74, 6) is 0.